The van der Waals surface area contributed by atoms with Crippen molar-refractivity contribution in [1.29, 1.82) is 0 Å². The van der Waals surface area contributed by atoms with Gasteiger partial charge < -0.3 is 15.6 Å². The van der Waals surface area contributed by atoms with Crippen molar-refractivity contribution < 1.29 is 4.79 Å². The summed E-state index contributed by atoms with van der Waals surface area (Å²) in [7, 11) is 1.87. The lowest BCUT2D eigenvalue weighted by Gasteiger charge is -2.02. The van der Waals surface area contributed by atoms with Crippen LogP contribution >= 0.6 is 0 Å². The second-order valence-electron chi connectivity index (χ2n) is 4.40. The molecule has 6 heteroatoms. The van der Waals surface area contributed by atoms with Gasteiger partial charge in [-0.25, -0.2) is 0 Å². The number of benzene rings is 1. The summed E-state index contributed by atoms with van der Waals surface area (Å²) in [5.41, 5.74) is 7.24. The lowest BCUT2D eigenvalue weighted by atomic mass is 10.2. The number of carbonyl (C=O) groups is 1. The first kappa shape index (κ1) is 13.8. The molecule has 0 radical (unpaired) electrons. The van der Waals surface area contributed by atoms with Gasteiger partial charge >= 0.3 is 0 Å². The van der Waals surface area contributed by atoms with E-state index in [1.54, 1.807) is 18.5 Å². The third-order valence-corrected chi connectivity index (χ3v) is 2.79. The molecule has 0 spiro atoms. The molecule has 0 aliphatic carbocycles. The third-order valence-electron chi connectivity index (χ3n) is 2.79. The average Bonchev–Trinajstić information content (AvgIpc) is 2.82. The summed E-state index contributed by atoms with van der Waals surface area (Å²) in [5, 5.41) is 10.5. The monoisotopic (exact) mass is 271 g/mol. The van der Waals surface area contributed by atoms with E-state index in [4.69, 9.17) is 5.73 Å². The molecule has 20 heavy (non-hydrogen) atoms. The zero-order valence-electron chi connectivity index (χ0n) is 11.3. The first-order chi connectivity index (χ1) is 9.65. The molecule has 2 aromatic rings. The predicted octanol–water partition coefficient (Wildman–Crippen LogP) is 0.769. The van der Waals surface area contributed by atoms with E-state index in [1.165, 1.54) is 6.08 Å². The van der Waals surface area contributed by atoms with Crippen molar-refractivity contribution in [1.82, 2.24) is 20.1 Å². The number of amides is 1. The number of nitrogen functional groups attached to an aromatic ring is 1. The normalized spacial score (nSPS) is 10.8. The molecule has 0 fully saturated rings. The maximum Gasteiger partial charge on any atom is 0.244 e. The first-order valence-electron chi connectivity index (χ1n) is 6.29. The van der Waals surface area contributed by atoms with Gasteiger partial charge in [-0.1, -0.05) is 12.1 Å². The van der Waals surface area contributed by atoms with E-state index < -0.39 is 0 Å². The van der Waals surface area contributed by atoms with Gasteiger partial charge in [-0.05, 0) is 23.8 Å². The minimum absolute atomic E-state index is 0.144. The van der Waals surface area contributed by atoms with E-state index in [1.807, 2.05) is 29.8 Å². The number of rotatable bonds is 5. The van der Waals surface area contributed by atoms with Gasteiger partial charge in [0.05, 0.1) is 0 Å². The van der Waals surface area contributed by atoms with Crippen molar-refractivity contribution in [2.24, 2.45) is 7.05 Å². The van der Waals surface area contributed by atoms with Crippen LogP contribution in [-0.2, 0) is 18.3 Å². The number of nitrogens with two attached hydrogens (primary N) is 1. The Labute approximate surface area is 117 Å². The van der Waals surface area contributed by atoms with Crippen molar-refractivity contribution in [2.75, 3.05) is 12.3 Å². The number of aromatic nitrogens is 3. The Morgan fingerprint density at radius 2 is 2.35 bits per heavy atom. The maximum atomic E-state index is 11.6. The highest BCUT2D eigenvalue weighted by molar-refractivity contribution is 5.91. The molecule has 104 valence electrons. The van der Waals surface area contributed by atoms with Gasteiger partial charge in [0.2, 0.25) is 5.91 Å². The highest BCUT2D eigenvalue weighted by Gasteiger charge is 2.01. The molecule has 0 atom stereocenters. The van der Waals surface area contributed by atoms with Crippen LogP contribution in [0.15, 0.2) is 36.7 Å². The summed E-state index contributed by atoms with van der Waals surface area (Å²) in [5.74, 6) is 0.694. The Morgan fingerprint density at radius 1 is 1.50 bits per heavy atom. The van der Waals surface area contributed by atoms with E-state index in [2.05, 4.69) is 15.5 Å². The number of hydrogen-bond donors (Lipinski definition) is 2. The number of hydrogen-bond acceptors (Lipinski definition) is 4. The standard InChI is InChI=1S/C14H17N5O/c1-19-10-17-18-13(19)7-8-16-14(20)6-5-11-3-2-4-12(15)9-11/h2-6,9-10H,7-8,15H2,1H3,(H,16,20)/b6-5+. The molecule has 2 rings (SSSR count). The smallest absolute Gasteiger partial charge is 0.244 e. The lowest BCUT2D eigenvalue weighted by molar-refractivity contribution is -0.116. The molecule has 1 aromatic heterocycles. The van der Waals surface area contributed by atoms with Crippen LogP contribution in [0.1, 0.15) is 11.4 Å². The molecule has 3 N–H and O–H groups in total. The molecule has 0 bridgehead atoms. The van der Waals surface area contributed by atoms with Crippen molar-refractivity contribution in [3.05, 3.63) is 48.1 Å². The number of anilines is 1. The zero-order chi connectivity index (χ0) is 14.4. The lowest BCUT2D eigenvalue weighted by Crippen LogP contribution is -2.24. The fourth-order valence-corrected chi connectivity index (χ4v) is 1.72. The molecular formula is C14H17N5O. The Morgan fingerprint density at radius 3 is 3.05 bits per heavy atom. The molecule has 1 amide bonds. The van der Waals surface area contributed by atoms with Crippen LogP contribution in [0, 0.1) is 0 Å². The van der Waals surface area contributed by atoms with E-state index in [-0.39, 0.29) is 5.91 Å². The SMILES string of the molecule is Cn1cnnc1CCNC(=O)/C=C/c1cccc(N)c1. The Balaban J connectivity index is 1.79. The molecule has 0 saturated heterocycles. The molecule has 1 aromatic carbocycles. The van der Waals surface area contributed by atoms with Gasteiger partial charge in [-0.2, -0.15) is 0 Å². The van der Waals surface area contributed by atoms with Crippen LogP contribution in [0.2, 0.25) is 0 Å². The van der Waals surface area contributed by atoms with Crippen molar-refractivity contribution >= 4 is 17.7 Å². The number of nitrogens with one attached hydrogen (secondary N) is 1. The topological polar surface area (TPSA) is 85.8 Å². The van der Waals surface area contributed by atoms with Crippen LogP contribution in [-0.4, -0.2) is 27.2 Å². The van der Waals surface area contributed by atoms with Crippen LogP contribution < -0.4 is 11.1 Å². The van der Waals surface area contributed by atoms with Gasteiger partial charge in [-0.3, -0.25) is 4.79 Å². The van der Waals surface area contributed by atoms with E-state index in [9.17, 15) is 4.79 Å². The third kappa shape index (κ3) is 3.94. The molecule has 0 aliphatic heterocycles. The van der Waals surface area contributed by atoms with Crippen molar-refractivity contribution in [3.8, 4) is 0 Å². The summed E-state index contributed by atoms with van der Waals surface area (Å²) in [6.45, 7) is 0.520. The Bertz CT molecular complexity index is 618. The van der Waals surface area contributed by atoms with Gasteiger partial charge in [-0.15, -0.1) is 10.2 Å². The quantitative estimate of drug-likeness (QED) is 0.621. The van der Waals surface area contributed by atoms with Gasteiger partial charge in [0, 0.05) is 31.8 Å². The fourth-order valence-electron chi connectivity index (χ4n) is 1.72. The van der Waals surface area contributed by atoms with Crippen LogP contribution in [0.25, 0.3) is 6.08 Å². The minimum atomic E-state index is -0.144. The average molecular weight is 271 g/mol. The van der Waals surface area contributed by atoms with Gasteiger partial charge in [0.1, 0.15) is 12.2 Å². The summed E-state index contributed by atoms with van der Waals surface area (Å²) in [4.78, 5) is 11.6. The molecule has 0 aliphatic rings. The van der Waals surface area contributed by atoms with Crippen molar-refractivity contribution in [2.45, 2.75) is 6.42 Å². The second-order valence-corrected chi connectivity index (χ2v) is 4.40. The van der Waals surface area contributed by atoms with Gasteiger partial charge in [0.25, 0.3) is 0 Å². The van der Waals surface area contributed by atoms with Crippen molar-refractivity contribution in [3.63, 3.8) is 0 Å². The summed E-state index contributed by atoms with van der Waals surface area (Å²) in [6, 6.07) is 7.35. The summed E-state index contributed by atoms with van der Waals surface area (Å²) < 4.78 is 1.83. The highest BCUT2D eigenvalue weighted by Crippen LogP contribution is 2.07. The largest absolute Gasteiger partial charge is 0.399 e. The maximum absolute atomic E-state index is 11.6. The molecule has 0 unspecified atom stereocenters. The number of carbonyl (C=O) groups excluding carboxylic acids is 1. The Hall–Kier alpha value is -2.63. The van der Waals surface area contributed by atoms with Crippen LogP contribution in [0.4, 0.5) is 5.69 Å². The second kappa shape index (κ2) is 6.51. The van der Waals surface area contributed by atoms with E-state index in [0.717, 1.165) is 11.4 Å². The predicted molar refractivity (Wildman–Crippen MR) is 77.6 cm³/mol. The summed E-state index contributed by atoms with van der Waals surface area (Å²) >= 11 is 0. The zero-order valence-corrected chi connectivity index (χ0v) is 11.3. The fraction of sp³-hybridized carbons (Fsp3) is 0.214. The van der Waals surface area contributed by atoms with E-state index >= 15 is 0 Å². The number of nitrogens with zero attached hydrogens (tertiary/aromatic N) is 3. The highest BCUT2D eigenvalue weighted by atomic mass is 16.1. The van der Waals surface area contributed by atoms with Crippen LogP contribution in [0.5, 0.6) is 0 Å². The van der Waals surface area contributed by atoms with Crippen LogP contribution in [0.3, 0.4) is 0 Å². The number of aryl methyl sites for hydroxylation is 1. The first-order valence-corrected chi connectivity index (χ1v) is 6.29. The molecule has 1 heterocycles. The summed E-state index contributed by atoms with van der Waals surface area (Å²) in [6.07, 6.45) is 5.50. The van der Waals surface area contributed by atoms with E-state index in [0.29, 0.717) is 18.7 Å². The molecule has 0 saturated carbocycles. The molecular weight excluding hydrogens is 254 g/mol. The molecule has 6 nitrogen and oxygen atoms in total. The minimum Gasteiger partial charge on any atom is -0.399 e. The van der Waals surface area contributed by atoms with Gasteiger partial charge in [0.15, 0.2) is 0 Å². The Kier molecular flexibility index (Phi) is 4.49.